The summed E-state index contributed by atoms with van der Waals surface area (Å²) in [6, 6.07) is 8.38. The van der Waals surface area contributed by atoms with Gasteiger partial charge in [0.25, 0.3) is 0 Å². The molecule has 0 spiro atoms. The minimum atomic E-state index is -3.38. The maximum absolute atomic E-state index is 11.9. The Labute approximate surface area is 118 Å². The van der Waals surface area contributed by atoms with Gasteiger partial charge in [-0.25, -0.2) is 8.42 Å². The van der Waals surface area contributed by atoms with Crippen LogP contribution >= 0.6 is 0 Å². The van der Waals surface area contributed by atoms with E-state index < -0.39 is 9.84 Å². The quantitative estimate of drug-likeness (QED) is 0.731. The van der Waals surface area contributed by atoms with Gasteiger partial charge in [-0.1, -0.05) is 12.1 Å². The third-order valence-electron chi connectivity index (χ3n) is 2.55. The number of benzene rings is 1. The highest BCUT2D eigenvalue weighted by Gasteiger charge is 2.14. The van der Waals surface area contributed by atoms with Gasteiger partial charge in [0.05, 0.1) is 23.1 Å². The van der Waals surface area contributed by atoms with E-state index in [9.17, 15) is 13.2 Å². The van der Waals surface area contributed by atoms with Crippen LogP contribution in [0.25, 0.3) is 0 Å². The molecule has 0 saturated carbocycles. The highest BCUT2D eigenvalue weighted by atomic mass is 32.2. The van der Waals surface area contributed by atoms with E-state index in [0.717, 1.165) is 0 Å². The van der Waals surface area contributed by atoms with Crippen molar-refractivity contribution in [3.05, 3.63) is 35.4 Å². The van der Waals surface area contributed by atoms with Crippen molar-refractivity contribution in [2.75, 3.05) is 18.8 Å². The summed E-state index contributed by atoms with van der Waals surface area (Å²) < 4.78 is 23.8. The first-order valence-electron chi connectivity index (χ1n) is 6.13. The Balaban J connectivity index is 2.57. The van der Waals surface area contributed by atoms with Crippen LogP contribution in [0.5, 0.6) is 0 Å². The molecule has 7 heteroatoms. The molecule has 0 bridgehead atoms. The number of nitrogens with zero attached hydrogens (tertiary/aromatic N) is 1. The first-order valence-corrected chi connectivity index (χ1v) is 7.95. The molecule has 3 N–H and O–H groups in total. The molecule has 1 rings (SSSR count). The number of nitrogens with two attached hydrogens (primary N) is 1. The Morgan fingerprint density at radius 2 is 2.15 bits per heavy atom. The fourth-order valence-corrected chi connectivity index (χ4v) is 2.93. The molecule has 1 aromatic rings. The number of hydrogen-bond donors (Lipinski definition) is 2. The van der Waals surface area contributed by atoms with Gasteiger partial charge < -0.3 is 11.1 Å². The smallest absolute Gasteiger partial charge is 0.221 e. The second-order valence-corrected chi connectivity index (χ2v) is 6.48. The lowest BCUT2D eigenvalue weighted by Crippen LogP contribution is -2.30. The van der Waals surface area contributed by atoms with Gasteiger partial charge in [0.15, 0.2) is 9.84 Å². The van der Waals surface area contributed by atoms with Gasteiger partial charge in [-0.05, 0) is 17.7 Å². The van der Waals surface area contributed by atoms with Crippen molar-refractivity contribution >= 4 is 15.7 Å². The topological polar surface area (TPSA) is 113 Å². The van der Waals surface area contributed by atoms with Crippen molar-refractivity contribution in [2.24, 2.45) is 5.73 Å². The fourth-order valence-electron chi connectivity index (χ4n) is 1.60. The zero-order valence-corrected chi connectivity index (χ0v) is 11.8. The Bertz CT molecular complexity index is 606. The van der Waals surface area contributed by atoms with Crippen LogP contribution in [0.15, 0.2) is 24.3 Å². The van der Waals surface area contributed by atoms with E-state index in [0.29, 0.717) is 24.2 Å². The first-order chi connectivity index (χ1) is 9.46. The molecule has 0 aliphatic heterocycles. The molecule has 0 fully saturated rings. The summed E-state index contributed by atoms with van der Waals surface area (Å²) in [5, 5.41) is 11.3. The molecule has 0 atom stereocenters. The Morgan fingerprint density at radius 3 is 2.80 bits per heavy atom. The van der Waals surface area contributed by atoms with Crippen LogP contribution in [-0.4, -0.2) is 33.2 Å². The van der Waals surface area contributed by atoms with Gasteiger partial charge in [-0.3, -0.25) is 4.79 Å². The van der Waals surface area contributed by atoms with E-state index in [2.05, 4.69) is 5.32 Å². The van der Waals surface area contributed by atoms with E-state index >= 15 is 0 Å². The summed E-state index contributed by atoms with van der Waals surface area (Å²) >= 11 is 0. The number of rotatable bonds is 7. The van der Waals surface area contributed by atoms with E-state index in [1.54, 1.807) is 18.2 Å². The molecule has 0 radical (unpaired) electrons. The number of nitriles is 1. The molecular weight excluding hydrogens is 278 g/mol. The average Bonchev–Trinajstić information content (AvgIpc) is 2.42. The van der Waals surface area contributed by atoms with Crippen molar-refractivity contribution in [3.63, 3.8) is 0 Å². The average molecular weight is 295 g/mol. The minimum absolute atomic E-state index is 0.0831. The Hall–Kier alpha value is -1.91. The molecule has 1 aromatic carbocycles. The van der Waals surface area contributed by atoms with Gasteiger partial charge in [-0.2, -0.15) is 5.26 Å². The summed E-state index contributed by atoms with van der Waals surface area (Å²) in [4.78, 5) is 11.3. The van der Waals surface area contributed by atoms with Crippen molar-refractivity contribution < 1.29 is 13.2 Å². The second kappa shape index (κ2) is 7.62. The summed E-state index contributed by atoms with van der Waals surface area (Å²) in [6.45, 7) is 0.655. The number of carbonyl (C=O) groups is 1. The standard InChI is InChI=1S/C13H17N3O3S/c14-5-6-16-13(17)4-7-20(18,19)10-12-3-1-2-11(8-12)9-15/h1-3,8H,4-7,10,14H2,(H,16,17). The lowest BCUT2D eigenvalue weighted by Gasteiger charge is -2.06. The zero-order chi connectivity index (χ0) is 15.0. The predicted octanol–water partition coefficient (Wildman–Crippen LogP) is -0.0619. The molecule has 0 aromatic heterocycles. The summed E-state index contributed by atoms with van der Waals surface area (Å²) in [5.74, 6) is -0.725. The van der Waals surface area contributed by atoms with Gasteiger partial charge in [0.2, 0.25) is 5.91 Å². The Morgan fingerprint density at radius 1 is 1.40 bits per heavy atom. The molecule has 6 nitrogen and oxygen atoms in total. The molecule has 0 aliphatic carbocycles. The summed E-state index contributed by atoms with van der Waals surface area (Å²) in [5.41, 5.74) is 6.19. The lowest BCUT2D eigenvalue weighted by molar-refractivity contribution is -0.120. The highest BCUT2D eigenvalue weighted by Crippen LogP contribution is 2.10. The first kappa shape index (κ1) is 16.1. The van der Waals surface area contributed by atoms with E-state index in [4.69, 9.17) is 11.0 Å². The van der Waals surface area contributed by atoms with Crippen LogP contribution < -0.4 is 11.1 Å². The second-order valence-electron chi connectivity index (χ2n) is 4.29. The Kier molecular flexibility index (Phi) is 6.15. The number of sulfone groups is 1. The van der Waals surface area contributed by atoms with Crippen LogP contribution in [0.2, 0.25) is 0 Å². The molecule has 1 amide bonds. The van der Waals surface area contributed by atoms with Crippen molar-refractivity contribution in [2.45, 2.75) is 12.2 Å². The third-order valence-corrected chi connectivity index (χ3v) is 4.15. The van der Waals surface area contributed by atoms with Gasteiger partial charge in [0.1, 0.15) is 0 Å². The minimum Gasteiger partial charge on any atom is -0.355 e. The lowest BCUT2D eigenvalue weighted by atomic mass is 10.2. The van der Waals surface area contributed by atoms with E-state index in [1.165, 1.54) is 6.07 Å². The van der Waals surface area contributed by atoms with Crippen LogP contribution in [-0.2, 0) is 20.4 Å². The molecular formula is C13H17N3O3S. The van der Waals surface area contributed by atoms with E-state index in [-0.39, 0.29) is 23.8 Å². The summed E-state index contributed by atoms with van der Waals surface area (Å²) in [6.07, 6.45) is -0.0831. The number of nitrogens with one attached hydrogen (secondary N) is 1. The number of amides is 1. The van der Waals surface area contributed by atoms with Crippen molar-refractivity contribution in [3.8, 4) is 6.07 Å². The zero-order valence-electron chi connectivity index (χ0n) is 11.0. The molecule has 108 valence electrons. The number of hydrogen-bond acceptors (Lipinski definition) is 5. The molecule has 0 saturated heterocycles. The fraction of sp³-hybridized carbons (Fsp3) is 0.385. The number of carbonyl (C=O) groups excluding carboxylic acids is 1. The molecule has 20 heavy (non-hydrogen) atoms. The van der Waals surface area contributed by atoms with E-state index in [1.807, 2.05) is 6.07 Å². The predicted molar refractivity (Wildman–Crippen MR) is 75.3 cm³/mol. The highest BCUT2D eigenvalue weighted by molar-refractivity contribution is 7.90. The molecule has 0 aliphatic rings. The maximum atomic E-state index is 11.9. The van der Waals surface area contributed by atoms with Crippen molar-refractivity contribution in [1.82, 2.24) is 5.32 Å². The van der Waals surface area contributed by atoms with Crippen LogP contribution in [0.3, 0.4) is 0 Å². The summed E-state index contributed by atoms with van der Waals surface area (Å²) in [7, 11) is -3.38. The maximum Gasteiger partial charge on any atom is 0.221 e. The molecule has 0 heterocycles. The van der Waals surface area contributed by atoms with Crippen LogP contribution in [0, 0.1) is 11.3 Å². The van der Waals surface area contributed by atoms with Gasteiger partial charge >= 0.3 is 0 Å². The normalized spacial score (nSPS) is 10.8. The van der Waals surface area contributed by atoms with Gasteiger partial charge in [-0.15, -0.1) is 0 Å². The molecule has 0 unspecified atom stereocenters. The van der Waals surface area contributed by atoms with Crippen LogP contribution in [0.4, 0.5) is 0 Å². The largest absolute Gasteiger partial charge is 0.355 e. The SMILES string of the molecule is N#Cc1cccc(CS(=O)(=O)CCC(=O)NCCN)c1. The van der Waals surface area contributed by atoms with Gasteiger partial charge in [0, 0.05) is 19.5 Å². The van der Waals surface area contributed by atoms with Crippen LogP contribution in [0.1, 0.15) is 17.5 Å². The third kappa shape index (κ3) is 5.82. The monoisotopic (exact) mass is 295 g/mol. The van der Waals surface area contributed by atoms with Crippen molar-refractivity contribution in [1.29, 1.82) is 5.26 Å².